The van der Waals surface area contributed by atoms with Gasteiger partial charge in [-0.05, 0) is 36.8 Å². The molecule has 0 radical (unpaired) electrons. The fourth-order valence-electron chi connectivity index (χ4n) is 1.96. The number of benzene rings is 1. The van der Waals surface area contributed by atoms with E-state index in [0.29, 0.717) is 24.6 Å². The number of hydrogen-bond donors (Lipinski definition) is 1. The van der Waals surface area contributed by atoms with Crippen molar-refractivity contribution >= 4 is 11.5 Å². The molecule has 1 aromatic heterocycles. The third kappa shape index (κ3) is 3.87. The lowest BCUT2D eigenvalue weighted by Crippen LogP contribution is -2.24. The van der Waals surface area contributed by atoms with Crippen LogP contribution >= 0.6 is 0 Å². The lowest BCUT2D eigenvalue weighted by Gasteiger charge is -2.23. The van der Waals surface area contributed by atoms with Crippen LogP contribution in [0.2, 0.25) is 0 Å². The molecule has 0 bridgehead atoms. The largest absolute Gasteiger partial charge is 0.433 e. The number of rotatable bonds is 4. The first-order chi connectivity index (χ1) is 9.90. The van der Waals surface area contributed by atoms with E-state index in [1.54, 1.807) is 23.1 Å². The Morgan fingerprint density at radius 3 is 2.33 bits per heavy atom. The maximum atomic E-state index is 12.7. The number of alkyl halides is 3. The van der Waals surface area contributed by atoms with E-state index < -0.39 is 11.9 Å². The number of hydrogen-bond acceptors (Lipinski definition) is 3. The second-order valence-corrected chi connectivity index (χ2v) is 4.63. The van der Waals surface area contributed by atoms with Crippen LogP contribution in [0.1, 0.15) is 18.2 Å². The van der Waals surface area contributed by atoms with Crippen LogP contribution in [0, 0.1) is 0 Å². The zero-order valence-electron chi connectivity index (χ0n) is 11.6. The summed E-state index contributed by atoms with van der Waals surface area (Å²) in [5, 5.41) is 0. The highest BCUT2D eigenvalue weighted by Gasteiger charge is 2.32. The van der Waals surface area contributed by atoms with Crippen molar-refractivity contribution in [2.45, 2.75) is 19.6 Å². The Balaban J connectivity index is 2.23. The Kier molecular flexibility index (Phi) is 4.35. The third-order valence-electron chi connectivity index (χ3n) is 3.08. The van der Waals surface area contributed by atoms with Crippen molar-refractivity contribution in [2.24, 2.45) is 0 Å². The predicted molar refractivity (Wildman–Crippen MR) is 76.8 cm³/mol. The van der Waals surface area contributed by atoms with E-state index in [1.807, 2.05) is 19.1 Å². The first-order valence-corrected chi connectivity index (χ1v) is 6.53. The molecule has 0 aliphatic heterocycles. The molecular weight excluding hydrogens is 279 g/mol. The van der Waals surface area contributed by atoms with Gasteiger partial charge in [-0.25, -0.2) is 4.98 Å². The van der Waals surface area contributed by atoms with Crippen molar-refractivity contribution in [1.82, 2.24) is 4.98 Å². The van der Waals surface area contributed by atoms with Crippen LogP contribution in [0.15, 0.2) is 42.5 Å². The fourth-order valence-corrected chi connectivity index (χ4v) is 1.96. The molecule has 1 heterocycles. The molecule has 2 aromatic rings. The normalized spacial score (nSPS) is 11.4. The number of nitrogens with zero attached hydrogens (tertiary/aromatic N) is 2. The van der Waals surface area contributed by atoms with Gasteiger partial charge in [0, 0.05) is 18.8 Å². The predicted octanol–water partition coefficient (Wildman–Crippen LogP) is 3.71. The SMILES string of the molecule is CCN(Cc1ccc(N)cc1)c1cccc(C(F)(F)F)n1. The minimum Gasteiger partial charge on any atom is -0.399 e. The number of aromatic nitrogens is 1. The molecular formula is C15H16F3N3. The first kappa shape index (κ1) is 15.2. The highest BCUT2D eigenvalue weighted by molar-refractivity contribution is 5.43. The van der Waals surface area contributed by atoms with E-state index in [9.17, 15) is 13.2 Å². The highest BCUT2D eigenvalue weighted by Crippen LogP contribution is 2.29. The average Bonchev–Trinajstić information content (AvgIpc) is 2.46. The Bertz CT molecular complexity index is 594. The Morgan fingerprint density at radius 2 is 1.76 bits per heavy atom. The van der Waals surface area contributed by atoms with E-state index in [-0.39, 0.29) is 0 Å². The zero-order valence-corrected chi connectivity index (χ0v) is 11.6. The molecule has 0 spiro atoms. The number of nitrogen functional groups attached to an aromatic ring is 1. The van der Waals surface area contributed by atoms with E-state index in [2.05, 4.69) is 4.98 Å². The Hall–Kier alpha value is -2.24. The molecule has 2 rings (SSSR count). The molecule has 0 saturated carbocycles. The van der Waals surface area contributed by atoms with Crippen LogP contribution in [-0.4, -0.2) is 11.5 Å². The van der Waals surface area contributed by atoms with Crippen LogP contribution in [-0.2, 0) is 12.7 Å². The second-order valence-electron chi connectivity index (χ2n) is 4.63. The fraction of sp³-hybridized carbons (Fsp3) is 0.267. The summed E-state index contributed by atoms with van der Waals surface area (Å²) in [5.41, 5.74) is 6.35. The number of halogens is 3. The van der Waals surface area contributed by atoms with Gasteiger partial charge >= 0.3 is 6.18 Å². The lowest BCUT2D eigenvalue weighted by molar-refractivity contribution is -0.141. The molecule has 3 nitrogen and oxygen atoms in total. The minimum absolute atomic E-state index is 0.309. The van der Waals surface area contributed by atoms with Gasteiger partial charge in [-0.2, -0.15) is 13.2 Å². The van der Waals surface area contributed by atoms with Crippen LogP contribution in [0.3, 0.4) is 0 Å². The van der Waals surface area contributed by atoms with Crippen molar-refractivity contribution in [2.75, 3.05) is 17.2 Å². The standard InChI is InChI=1S/C15H16F3N3/c1-2-21(10-11-6-8-12(19)9-7-11)14-5-3-4-13(20-14)15(16,17)18/h3-9H,2,10,19H2,1H3. The average molecular weight is 295 g/mol. The molecule has 0 aliphatic carbocycles. The number of anilines is 2. The topological polar surface area (TPSA) is 42.1 Å². The van der Waals surface area contributed by atoms with Crippen molar-refractivity contribution in [3.8, 4) is 0 Å². The van der Waals surface area contributed by atoms with Crippen molar-refractivity contribution in [3.05, 3.63) is 53.7 Å². The number of pyridine rings is 1. The lowest BCUT2D eigenvalue weighted by atomic mass is 10.2. The van der Waals surface area contributed by atoms with Gasteiger partial charge in [-0.3, -0.25) is 0 Å². The summed E-state index contributed by atoms with van der Waals surface area (Å²) in [5.74, 6) is 0.309. The third-order valence-corrected chi connectivity index (χ3v) is 3.08. The summed E-state index contributed by atoms with van der Waals surface area (Å²) in [4.78, 5) is 5.48. The first-order valence-electron chi connectivity index (χ1n) is 6.53. The van der Waals surface area contributed by atoms with Gasteiger partial charge in [-0.15, -0.1) is 0 Å². The summed E-state index contributed by atoms with van der Waals surface area (Å²) >= 11 is 0. The smallest absolute Gasteiger partial charge is 0.399 e. The van der Waals surface area contributed by atoms with E-state index in [1.165, 1.54) is 6.07 Å². The van der Waals surface area contributed by atoms with Gasteiger partial charge in [0.1, 0.15) is 11.5 Å². The molecule has 0 atom stereocenters. The van der Waals surface area contributed by atoms with Gasteiger partial charge in [0.15, 0.2) is 0 Å². The molecule has 21 heavy (non-hydrogen) atoms. The molecule has 6 heteroatoms. The zero-order chi connectivity index (χ0) is 15.5. The monoisotopic (exact) mass is 295 g/mol. The van der Waals surface area contributed by atoms with Crippen LogP contribution < -0.4 is 10.6 Å². The van der Waals surface area contributed by atoms with Crippen molar-refractivity contribution in [1.29, 1.82) is 0 Å². The van der Waals surface area contributed by atoms with Gasteiger partial charge in [-0.1, -0.05) is 18.2 Å². The van der Waals surface area contributed by atoms with E-state index >= 15 is 0 Å². The van der Waals surface area contributed by atoms with Gasteiger partial charge in [0.25, 0.3) is 0 Å². The van der Waals surface area contributed by atoms with Crippen LogP contribution in [0.4, 0.5) is 24.7 Å². The van der Waals surface area contributed by atoms with Crippen LogP contribution in [0.5, 0.6) is 0 Å². The molecule has 2 N–H and O–H groups in total. The van der Waals surface area contributed by atoms with E-state index in [4.69, 9.17) is 5.73 Å². The maximum absolute atomic E-state index is 12.7. The summed E-state index contributed by atoms with van der Waals surface area (Å²) in [6.45, 7) is 2.91. The van der Waals surface area contributed by atoms with Gasteiger partial charge < -0.3 is 10.6 Å². The van der Waals surface area contributed by atoms with Crippen molar-refractivity contribution in [3.63, 3.8) is 0 Å². The highest BCUT2D eigenvalue weighted by atomic mass is 19.4. The van der Waals surface area contributed by atoms with Gasteiger partial charge in [0.2, 0.25) is 0 Å². The molecule has 1 aromatic carbocycles. The second kappa shape index (κ2) is 6.03. The summed E-state index contributed by atoms with van der Waals surface area (Å²) in [6.07, 6.45) is -4.43. The molecule has 0 aliphatic rings. The van der Waals surface area contributed by atoms with E-state index in [0.717, 1.165) is 11.6 Å². The van der Waals surface area contributed by atoms with Crippen molar-refractivity contribution < 1.29 is 13.2 Å². The molecule has 0 saturated heterocycles. The van der Waals surface area contributed by atoms with Crippen LogP contribution in [0.25, 0.3) is 0 Å². The molecule has 0 unspecified atom stereocenters. The quantitative estimate of drug-likeness (QED) is 0.874. The minimum atomic E-state index is -4.43. The Morgan fingerprint density at radius 1 is 1.10 bits per heavy atom. The maximum Gasteiger partial charge on any atom is 0.433 e. The molecule has 0 amide bonds. The number of nitrogens with two attached hydrogens (primary N) is 1. The molecule has 0 fully saturated rings. The summed E-state index contributed by atoms with van der Waals surface area (Å²) < 4.78 is 38.1. The van der Waals surface area contributed by atoms with Gasteiger partial charge in [0.05, 0.1) is 0 Å². The Labute approximate surface area is 121 Å². The molecule has 112 valence electrons. The summed E-state index contributed by atoms with van der Waals surface area (Å²) in [7, 11) is 0. The summed E-state index contributed by atoms with van der Waals surface area (Å²) in [6, 6.07) is 11.2.